The van der Waals surface area contributed by atoms with Crippen LogP contribution in [0.25, 0.3) is 0 Å². The van der Waals surface area contributed by atoms with Crippen molar-refractivity contribution in [3.63, 3.8) is 0 Å². The van der Waals surface area contributed by atoms with Gasteiger partial charge in [0.15, 0.2) is 6.61 Å². The summed E-state index contributed by atoms with van der Waals surface area (Å²) in [7, 11) is 0. The highest BCUT2D eigenvalue weighted by atomic mass is 16.6. The van der Waals surface area contributed by atoms with Crippen molar-refractivity contribution in [3.8, 4) is 6.07 Å². The van der Waals surface area contributed by atoms with Gasteiger partial charge in [0.25, 0.3) is 0 Å². The van der Waals surface area contributed by atoms with Gasteiger partial charge in [-0.15, -0.1) is 0 Å². The molecule has 170 valence electrons. The van der Waals surface area contributed by atoms with Crippen molar-refractivity contribution in [2.45, 2.75) is 58.3 Å². The smallest absolute Gasteiger partial charge is 0.408 e. The van der Waals surface area contributed by atoms with Crippen LogP contribution < -0.4 is 16.4 Å². The van der Waals surface area contributed by atoms with Crippen LogP contribution in [-0.4, -0.2) is 43.0 Å². The maximum atomic E-state index is 12.1. The maximum Gasteiger partial charge on any atom is 0.408 e. The number of anilines is 1. The number of amides is 2. The molecule has 4 N–H and O–H groups in total. The second-order valence-corrected chi connectivity index (χ2v) is 7.66. The van der Waals surface area contributed by atoms with Crippen LogP contribution in [-0.2, 0) is 25.6 Å². The van der Waals surface area contributed by atoms with E-state index in [0.717, 1.165) is 0 Å². The number of nitrogens with zero attached hydrogens (tertiary/aromatic N) is 1. The average Bonchev–Trinajstić information content (AvgIpc) is 2.68. The number of hydrogen-bond acceptors (Lipinski definition) is 8. The van der Waals surface area contributed by atoms with Gasteiger partial charge in [0.1, 0.15) is 24.3 Å². The number of nitrogens with two attached hydrogens (primary N) is 1. The van der Waals surface area contributed by atoms with E-state index >= 15 is 0 Å². The Hall–Kier alpha value is -3.48. The molecule has 10 nitrogen and oxygen atoms in total. The lowest BCUT2D eigenvalue weighted by atomic mass is 10.1. The van der Waals surface area contributed by atoms with Crippen molar-refractivity contribution < 1.29 is 28.6 Å². The van der Waals surface area contributed by atoms with Gasteiger partial charge in [-0.1, -0.05) is 18.2 Å². The van der Waals surface area contributed by atoms with Gasteiger partial charge >= 0.3 is 18.2 Å². The normalized spacial score (nSPS) is 11.5. The average molecular weight is 434 g/mol. The van der Waals surface area contributed by atoms with Crippen LogP contribution in [0.5, 0.6) is 0 Å². The summed E-state index contributed by atoms with van der Waals surface area (Å²) in [5.74, 6) is -0.722. The molecule has 10 heteroatoms. The monoisotopic (exact) mass is 434 g/mol. The van der Waals surface area contributed by atoms with Crippen molar-refractivity contribution >= 4 is 23.8 Å². The molecule has 0 aromatic heterocycles. The number of nitrogen functional groups attached to an aromatic ring is 1. The third-order valence-electron chi connectivity index (χ3n) is 3.86. The zero-order valence-electron chi connectivity index (χ0n) is 18.1. The van der Waals surface area contributed by atoms with E-state index in [0.29, 0.717) is 30.6 Å². The Labute approximate surface area is 182 Å². The molecule has 1 rings (SSSR count). The van der Waals surface area contributed by atoms with Gasteiger partial charge in [0.05, 0.1) is 0 Å². The van der Waals surface area contributed by atoms with Gasteiger partial charge < -0.3 is 30.6 Å². The second-order valence-electron chi connectivity index (χ2n) is 7.66. The molecular formula is C21H30N4O6. The summed E-state index contributed by atoms with van der Waals surface area (Å²) in [4.78, 5) is 35.8. The number of ether oxygens (including phenoxy) is 3. The van der Waals surface area contributed by atoms with E-state index in [1.807, 2.05) is 0 Å². The molecule has 0 spiro atoms. The number of carbonyl (C=O) groups excluding carboxylic acids is 3. The van der Waals surface area contributed by atoms with Gasteiger partial charge in [-0.2, -0.15) is 5.26 Å². The summed E-state index contributed by atoms with van der Waals surface area (Å²) in [5, 5.41) is 13.6. The molecular weight excluding hydrogens is 404 g/mol. The fraction of sp³-hybridized carbons (Fsp3) is 0.524. The van der Waals surface area contributed by atoms with Crippen molar-refractivity contribution in [2.75, 3.05) is 18.9 Å². The van der Waals surface area contributed by atoms with Crippen LogP contribution in [0.1, 0.15) is 45.6 Å². The number of nitrogens with one attached hydrogen (secondary N) is 2. The fourth-order valence-electron chi connectivity index (χ4n) is 2.43. The third kappa shape index (κ3) is 11.3. The molecule has 1 atom stereocenters. The zero-order valence-corrected chi connectivity index (χ0v) is 18.1. The molecule has 0 bridgehead atoms. The van der Waals surface area contributed by atoms with E-state index < -0.39 is 36.4 Å². The van der Waals surface area contributed by atoms with Crippen molar-refractivity contribution in [2.24, 2.45) is 0 Å². The summed E-state index contributed by atoms with van der Waals surface area (Å²) in [6, 6.07) is 7.83. The largest absolute Gasteiger partial charge is 0.449 e. The van der Waals surface area contributed by atoms with Gasteiger partial charge in [-0.3, -0.25) is 0 Å². The fourth-order valence-corrected chi connectivity index (χ4v) is 2.43. The minimum absolute atomic E-state index is 0.0606. The molecule has 0 aliphatic heterocycles. The van der Waals surface area contributed by atoms with Crippen molar-refractivity contribution in [1.82, 2.24) is 10.6 Å². The van der Waals surface area contributed by atoms with Crippen LogP contribution >= 0.6 is 0 Å². The lowest BCUT2D eigenvalue weighted by Crippen LogP contribution is -2.44. The maximum absolute atomic E-state index is 12.1. The first-order valence-electron chi connectivity index (χ1n) is 9.89. The molecule has 1 aromatic carbocycles. The third-order valence-corrected chi connectivity index (χ3v) is 3.86. The number of para-hydroxylation sites is 1. The summed E-state index contributed by atoms with van der Waals surface area (Å²) in [6.07, 6.45) is -0.0662. The first-order chi connectivity index (χ1) is 14.6. The van der Waals surface area contributed by atoms with Gasteiger partial charge in [-0.05, 0) is 46.1 Å². The van der Waals surface area contributed by atoms with E-state index in [-0.39, 0.29) is 13.0 Å². The van der Waals surface area contributed by atoms with E-state index in [1.165, 1.54) is 0 Å². The first-order valence-corrected chi connectivity index (χ1v) is 9.89. The Kier molecular flexibility index (Phi) is 10.7. The molecule has 0 heterocycles. The predicted octanol–water partition coefficient (Wildman–Crippen LogP) is 2.63. The van der Waals surface area contributed by atoms with Gasteiger partial charge in [0, 0.05) is 17.8 Å². The number of benzene rings is 1. The molecule has 0 saturated heterocycles. The number of esters is 1. The molecule has 2 amide bonds. The molecule has 0 radical (unpaired) electrons. The number of alkyl carbamates (subject to hydrolysis) is 2. The minimum Gasteiger partial charge on any atom is -0.449 e. The van der Waals surface area contributed by atoms with Gasteiger partial charge in [-0.25, -0.2) is 14.4 Å². The number of rotatable bonds is 10. The van der Waals surface area contributed by atoms with Crippen LogP contribution in [0, 0.1) is 11.3 Å². The topological polar surface area (TPSA) is 153 Å². The molecule has 0 aliphatic rings. The Morgan fingerprint density at radius 1 is 1.13 bits per heavy atom. The van der Waals surface area contributed by atoms with Crippen LogP contribution in [0.3, 0.4) is 0 Å². The number of unbranched alkanes of at least 4 members (excludes halogenated alkanes) is 1. The highest BCUT2D eigenvalue weighted by molar-refractivity contribution is 5.81. The van der Waals surface area contributed by atoms with E-state index in [2.05, 4.69) is 10.6 Å². The van der Waals surface area contributed by atoms with E-state index in [9.17, 15) is 14.4 Å². The Bertz CT molecular complexity index is 785. The summed E-state index contributed by atoms with van der Waals surface area (Å²) >= 11 is 0. The molecule has 0 saturated carbocycles. The Morgan fingerprint density at radius 3 is 2.48 bits per heavy atom. The summed E-state index contributed by atoms with van der Waals surface area (Å²) < 4.78 is 15.1. The SMILES string of the molecule is CC(C)(C)OC(=O)NC(CCCCNC(=O)OCc1ccccc1N)C(=O)OCC#N. The van der Waals surface area contributed by atoms with Crippen molar-refractivity contribution in [3.05, 3.63) is 29.8 Å². The summed E-state index contributed by atoms with van der Waals surface area (Å²) in [5.41, 5.74) is 6.33. The molecule has 0 aliphatic carbocycles. The molecule has 1 unspecified atom stereocenters. The zero-order chi connectivity index (χ0) is 23.3. The van der Waals surface area contributed by atoms with Crippen LogP contribution in [0.4, 0.5) is 15.3 Å². The van der Waals surface area contributed by atoms with Crippen molar-refractivity contribution in [1.29, 1.82) is 5.26 Å². The minimum atomic E-state index is -0.962. The highest BCUT2D eigenvalue weighted by Gasteiger charge is 2.25. The molecule has 31 heavy (non-hydrogen) atoms. The second kappa shape index (κ2) is 13.0. The van der Waals surface area contributed by atoms with Gasteiger partial charge in [0.2, 0.25) is 0 Å². The number of carbonyl (C=O) groups is 3. The highest BCUT2D eigenvalue weighted by Crippen LogP contribution is 2.12. The lowest BCUT2D eigenvalue weighted by Gasteiger charge is -2.22. The lowest BCUT2D eigenvalue weighted by molar-refractivity contribution is -0.145. The Balaban J connectivity index is 2.38. The standard InChI is InChI=1S/C21H30N4O6/c1-21(2,3)31-20(28)25-17(18(26)29-13-11-22)10-6-7-12-24-19(27)30-14-15-8-4-5-9-16(15)23/h4-5,8-9,17H,6-7,10,12-14,23H2,1-3H3,(H,24,27)(H,25,28). The van der Waals surface area contributed by atoms with E-state index in [1.54, 1.807) is 51.1 Å². The Morgan fingerprint density at radius 2 is 1.84 bits per heavy atom. The van der Waals surface area contributed by atoms with Crippen LogP contribution in [0.2, 0.25) is 0 Å². The number of hydrogen-bond donors (Lipinski definition) is 3. The summed E-state index contributed by atoms with van der Waals surface area (Å²) in [6.45, 7) is 5.07. The quantitative estimate of drug-likeness (QED) is 0.220. The number of nitriles is 1. The van der Waals surface area contributed by atoms with Crippen LogP contribution in [0.15, 0.2) is 24.3 Å². The first kappa shape index (κ1) is 25.6. The van der Waals surface area contributed by atoms with E-state index in [4.69, 9.17) is 25.2 Å². The molecule has 0 fully saturated rings. The molecule has 1 aromatic rings. The predicted molar refractivity (Wildman–Crippen MR) is 113 cm³/mol.